The van der Waals surface area contributed by atoms with Gasteiger partial charge in [-0.25, -0.2) is 0 Å². The summed E-state index contributed by atoms with van der Waals surface area (Å²) in [5.41, 5.74) is 1.03. The first-order valence-corrected chi connectivity index (χ1v) is 8.82. The van der Waals surface area contributed by atoms with Crippen molar-refractivity contribution < 1.29 is 24.2 Å². The third kappa shape index (κ3) is 6.15. The standard InChI is InChI=1S/C19H26N2O5/c1-26-10-9-21-13-15(12-17(21)22)19(25)20-16(7-8-18(23)24)11-14-5-3-2-4-6-14/h2-6,15-16H,7-13H2,1H3,(H,20,25)(H,23,24). The minimum atomic E-state index is -0.890. The van der Waals surface area contributed by atoms with E-state index in [0.717, 1.165) is 5.56 Å². The first-order chi connectivity index (χ1) is 12.5. The van der Waals surface area contributed by atoms with Crippen LogP contribution in [0.15, 0.2) is 30.3 Å². The number of carboxylic acids is 1. The number of likely N-dealkylation sites (tertiary alicyclic amines) is 1. The van der Waals surface area contributed by atoms with Crippen LogP contribution in [0.25, 0.3) is 0 Å². The number of ether oxygens (including phenoxy) is 1. The summed E-state index contributed by atoms with van der Waals surface area (Å²) in [4.78, 5) is 37.1. The molecule has 7 nitrogen and oxygen atoms in total. The third-order valence-corrected chi connectivity index (χ3v) is 4.53. The SMILES string of the molecule is COCCN1CC(C(=O)NC(CCC(=O)O)Cc2ccccc2)CC1=O. The topological polar surface area (TPSA) is 95.9 Å². The predicted octanol–water partition coefficient (Wildman–Crippen LogP) is 1.07. The number of methoxy groups -OCH3 is 1. The highest BCUT2D eigenvalue weighted by Crippen LogP contribution is 2.18. The van der Waals surface area contributed by atoms with E-state index >= 15 is 0 Å². The Morgan fingerprint density at radius 1 is 1.35 bits per heavy atom. The summed E-state index contributed by atoms with van der Waals surface area (Å²) < 4.78 is 4.98. The van der Waals surface area contributed by atoms with Gasteiger partial charge in [-0.2, -0.15) is 0 Å². The summed E-state index contributed by atoms with van der Waals surface area (Å²) in [5, 5.41) is 11.9. The van der Waals surface area contributed by atoms with Gasteiger partial charge in [0.1, 0.15) is 0 Å². The second-order valence-electron chi connectivity index (χ2n) is 6.56. The minimum absolute atomic E-state index is 0.0126. The molecule has 1 aliphatic heterocycles. The van der Waals surface area contributed by atoms with Crippen LogP contribution in [0, 0.1) is 5.92 Å². The van der Waals surface area contributed by atoms with Crippen molar-refractivity contribution in [3.8, 4) is 0 Å². The molecule has 0 bridgehead atoms. The molecule has 1 aliphatic rings. The first kappa shape index (κ1) is 19.9. The second kappa shape index (κ2) is 9.91. The molecule has 1 heterocycles. The van der Waals surface area contributed by atoms with Crippen LogP contribution in [0.1, 0.15) is 24.8 Å². The van der Waals surface area contributed by atoms with E-state index in [9.17, 15) is 14.4 Å². The van der Waals surface area contributed by atoms with Crippen molar-refractivity contribution in [1.82, 2.24) is 10.2 Å². The van der Waals surface area contributed by atoms with Gasteiger partial charge in [0, 0.05) is 39.1 Å². The molecule has 0 radical (unpaired) electrons. The van der Waals surface area contributed by atoms with Crippen molar-refractivity contribution in [2.24, 2.45) is 5.92 Å². The quantitative estimate of drug-likeness (QED) is 0.649. The highest BCUT2D eigenvalue weighted by Gasteiger charge is 2.34. The molecule has 7 heteroatoms. The second-order valence-corrected chi connectivity index (χ2v) is 6.56. The summed E-state index contributed by atoms with van der Waals surface area (Å²) in [6, 6.07) is 9.36. The van der Waals surface area contributed by atoms with Gasteiger partial charge in [0.15, 0.2) is 0 Å². The van der Waals surface area contributed by atoms with Gasteiger partial charge < -0.3 is 20.1 Å². The molecule has 0 aliphatic carbocycles. The largest absolute Gasteiger partial charge is 0.481 e. The Morgan fingerprint density at radius 3 is 2.73 bits per heavy atom. The van der Waals surface area contributed by atoms with Crippen LogP contribution in [-0.4, -0.2) is 60.6 Å². The average Bonchev–Trinajstić information content (AvgIpc) is 2.99. The molecule has 2 rings (SSSR count). The van der Waals surface area contributed by atoms with E-state index in [1.54, 1.807) is 12.0 Å². The van der Waals surface area contributed by atoms with E-state index in [-0.39, 0.29) is 30.7 Å². The summed E-state index contributed by atoms with van der Waals surface area (Å²) in [6.45, 7) is 1.30. The zero-order valence-electron chi connectivity index (χ0n) is 15.0. The number of carbonyl (C=O) groups is 3. The molecule has 2 atom stereocenters. The van der Waals surface area contributed by atoms with Crippen LogP contribution in [0.3, 0.4) is 0 Å². The molecular weight excluding hydrogens is 336 g/mol. The van der Waals surface area contributed by atoms with E-state index in [2.05, 4.69) is 5.32 Å². The van der Waals surface area contributed by atoms with Crippen LogP contribution in [0.2, 0.25) is 0 Å². The summed E-state index contributed by atoms with van der Waals surface area (Å²) in [5.74, 6) is -1.53. The number of carbonyl (C=O) groups excluding carboxylic acids is 2. The van der Waals surface area contributed by atoms with Crippen LogP contribution in [0.5, 0.6) is 0 Å². The Morgan fingerprint density at radius 2 is 2.08 bits per heavy atom. The molecule has 0 saturated carbocycles. The number of carboxylic acid groups (broad SMARTS) is 1. The molecule has 0 aromatic heterocycles. The van der Waals surface area contributed by atoms with E-state index in [0.29, 0.717) is 32.5 Å². The molecular formula is C19H26N2O5. The third-order valence-electron chi connectivity index (χ3n) is 4.53. The number of hydrogen-bond acceptors (Lipinski definition) is 4. The summed E-state index contributed by atoms with van der Waals surface area (Å²) in [7, 11) is 1.57. The van der Waals surface area contributed by atoms with Gasteiger partial charge in [-0.05, 0) is 18.4 Å². The van der Waals surface area contributed by atoms with Crippen molar-refractivity contribution in [3.63, 3.8) is 0 Å². The molecule has 2 amide bonds. The van der Waals surface area contributed by atoms with E-state index in [1.807, 2.05) is 30.3 Å². The molecule has 2 unspecified atom stereocenters. The molecule has 1 saturated heterocycles. The number of rotatable bonds is 10. The van der Waals surface area contributed by atoms with Gasteiger partial charge in [0.2, 0.25) is 11.8 Å². The van der Waals surface area contributed by atoms with Gasteiger partial charge in [-0.3, -0.25) is 14.4 Å². The maximum absolute atomic E-state index is 12.6. The Hall–Kier alpha value is -2.41. The Kier molecular flexibility index (Phi) is 7.59. The Balaban J connectivity index is 1.94. The Labute approximate surface area is 153 Å². The molecule has 142 valence electrons. The fourth-order valence-corrected chi connectivity index (χ4v) is 3.11. The van der Waals surface area contributed by atoms with Crippen molar-refractivity contribution in [2.45, 2.75) is 31.7 Å². The molecule has 1 fully saturated rings. The maximum atomic E-state index is 12.6. The lowest BCUT2D eigenvalue weighted by atomic mass is 10.00. The lowest BCUT2D eigenvalue weighted by Gasteiger charge is -2.21. The maximum Gasteiger partial charge on any atom is 0.303 e. The number of benzene rings is 1. The van der Waals surface area contributed by atoms with E-state index in [4.69, 9.17) is 9.84 Å². The van der Waals surface area contributed by atoms with Crippen molar-refractivity contribution in [1.29, 1.82) is 0 Å². The normalized spacial score (nSPS) is 18.0. The summed E-state index contributed by atoms with van der Waals surface area (Å²) in [6.07, 6.45) is 1.09. The van der Waals surface area contributed by atoms with Crippen molar-refractivity contribution in [2.75, 3.05) is 26.8 Å². The Bertz CT molecular complexity index is 620. The smallest absolute Gasteiger partial charge is 0.303 e. The number of amides is 2. The first-order valence-electron chi connectivity index (χ1n) is 8.82. The van der Waals surface area contributed by atoms with Crippen LogP contribution < -0.4 is 5.32 Å². The van der Waals surface area contributed by atoms with Gasteiger partial charge in [-0.1, -0.05) is 30.3 Å². The van der Waals surface area contributed by atoms with E-state index in [1.165, 1.54) is 0 Å². The number of nitrogens with zero attached hydrogens (tertiary/aromatic N) is 1. The highest BCUT2D eigenvalue weighted by atomic mass is 16.5. The van der Waals surface area contributed by atoms with Gasteiger partial charge in [-0.15, -0.1) is 0 Å². The molecule has 1 aromatic carbocycles. The fraction of sp³-hybridized carbons (Fsp3) is 0.526. The monoisotopic (exact) mass is 362 g/mol. The van der Waals surface area contributed by atoms with Gasteiger partial charge >= 0.3 is 5.97 Å². The van der Waals surface area contributed by atoms with Crippen LogP contribution in [0.4, 0.5) is 0 Å². The molecule has 0 spiro atoms. The van der Waals surface area contributed by atoms with Crippen molar-refractivity contribution >= 4 is 17.8 Å². The van der Waals surface area contributed by atoms with Gasteiger partial charge in [0.25, 0.3) is 0 Å². The molecule has 1 aromatic rings. The van der Waals surface area contributed by atoms with Gasteiger partial charge in [0.05, 0.1) is 12.5 Å². The van der Waals surface area contributed by atoms with E-state index < -0.39 is 11.9 Å². The lowest BCUT2D eigenvalue weighted by molar-refractivity contribution is -0.137. The number of nitrogens with one attached hydrogen (secondary N) is 1. The summed E-state index contributed by atoms with van der Waals surface area (Å²) >= 11 is 0. The molecule has 26 heavy (non-hydrogen) atoms. The number of aliphatic carboxylic acids is 1. The minimum Gasteiger partial charge on any atom is -0.481 e. The van der Waals surface area contributed by atoms with Crippen LogP contribution >= 0.6 is 0 Å². The van der Waals surface area contributed by atoms with Crippen LogP contribution in [-0.2, 0) is 25.5 Å². The lowest BCUT2D eigenvalue weighted by Crippen LogP contribution is -2.41. The molecule has 2 N–H and O–H groups in total. The fourth-order valence-electron chi connectivity index (χ4n) is 3.11. The zero-order valence-corrected chi connectivity index (χ0v) is 15.0. The number of hydrogen-bond donors (Lipinski definition) is 2. The highest BCUT2D eigenvalue weighted by molar-refractivity contribution is 5.89. The predicted molar refractivity (Wildman–Crippen MR) is 95.5 cm³/mol. The van der Waals surface area contributed by atoms with Crippen molar-refractivity contribution in [3.05, 3.63) is 35.9 Å². The zero-order chi connectivity index (χ0) is 18.9. The average molecular weight is 362 g/mol.